The van der Waals surface area contributed by atoms with Crippen molar-refractivity contribution in [3.63, 3.8) is 0 Å². The molecule has 5 nitrogen and oxygen atoms in total. The van der Waals surface area contributed by atoms with Gasteiger partial charge in [0.2, 0.25) is 10.0 Å². The molecule has 0 spiro atoms. The number of hydrogen-bond donors (Lipinski definition) is 1. The summed E-state index contributed by atoms with van der Waals surface area (Å²) < 4.78 is 62.6. The van der Waals surface area contributed by atoms with Gasteiger partial charge in [-0.25, -0.2) is 13.1 Å². The Labute approximate surface area is 113 Å². The molecule has 108 valence electrons. The molecule has 1 heterocycles. The van der Waals surface area contributed by atoms with Crippen molar-refractivity contribution in [3.05, 3.63) is 42.2 Å². The average molecular weight is 305 g/mol. The van der Waals surface area contributed by atoms with E-state index in [1.54, 1.807) is 0 Å². The molecular weight excluding hydrogens is 295 g/mol. The minimum atomic E-state index is -4.50. The zero-order chi connectivity index (χ0) is 15.0. The van der Waals surface area contributed by atoms with E-state index in [1.165, 1.54) is 30.5 Å². The van der Waals surface area contributed by atoms with E-state index in [4.69, 9.17) is 0 Å². The lowest BCUT2D eigenvalue weighted by molar-refractivity contribution is -0.141. The van der Waals surface area contributed by atoms with Gasteiger partial charge in [-0.2, -0.15) is 18.3 Å². The SMILES string of the molecule is CS(=O)(=O)Nc1ccc(-n2ccc(C(F)(F)F)n2)cc1. The van der Waals surface area contributed by atoms with Crippen molar-refractivity contribution in [2.75, 3.05) is 11.0 Å². The first-order chi connectivity index (χ1) is 9.15. The van der Waals surface area contributed by atoms with Crippen LogP contribution in [0.15, 0.2) is 36.5 Å². The number of halogens is 3. The maximum atomic E-state index is 12.4. The van der Waals surface area contributed by atoms with Crippen molar-refractivity contribution in [1.29, 1.82) is 0 Å². The van der Waals surface area contributed by atoms with Gasteiger partial charge in [0.15, 0.2) is 5.69 Å². The fourth-order valence-electron chi connectivity index (χ4n) is 1.52. The summed E-state index contributed by atoms with van der Waals surface area (Å²) in [7, 11) is -3.39. The summed E-state index contributed by atoms with van der Waals surface area (Å²) in [6.45, 7) is 0. The molecule has 1 aromatic heterocycles. The quantitative estimate of drug-likeness (QED) is 0.946. The molecule has 0 aliphatic heterocycles. The van der Waals surface area contributed by atoms with Crippen LogP contribution in [-0.2, 0) is 16.2 Å². The second-order valence-electron chi connectivity index (χ2n) is 4.06. The summed E-state index contributed by atoms with van der Waals surface area (Å²) in [6.07, 6.45) is -2.31. The number of rotatable bonds is 3. The molecule has 0 saturated heterocycles. The number of sulfonamides is 1. The Morgan fingerprint density at radius 3 is 2.20 bits per heavy atom. The highest BCUT2D eigenvalue weighted by atomic mass is 32.2. The van der Waals surface area contributed by atoms with Gasteiger partial charge in [0.05, 0.1) is 11.9 Å². The van der Waals surface area contributed by atoms with Gasteiger partial charge >= 0.3 is 6.18 Å². The number of hydrogen-bond acceptors (Lipinski definition) is 3. The molecule has 0 amide bonds. The molecule has 0 fully saturated rings. The number of benzene rings is 1. The molecule has 0 aliphatic carbocycles. The Morgan fingerprint density at radius 1 is 1.15 bits per heavy atom. The van der Waals surface area contributed by atoms with Gasteiger partial charge in [-0.15, -0.1) is 0 Å². The van der Waals surface area contributed by atoms with Crippen LogP contribution in [0.4, 0.5) is 18.9 Å². The van der Waals surface area contributed by atoms with E-state index >= 15 is 0 Å². The second kappa shape index (κ2) is 4.82. The molecule has 0 bridgehead atoms. The van der Waals surface area contributed by atoms with Crippen molar-refractivity contribution in [2.24, 2.45) is 0 Å². The van der Waals surface area contributed by atoms with E-state index in [2.05, 4.69) is 9.82 Å². The fourth-order valence-corrected chi connectivity index (χ4v) is 2.08. The molecule has 0 atom stereocenters. The standard InChI is InChI=1S/C11H10F3N3O2S/c1-20(18,19)16-8-2-4-9(5-3-8)17-7-6-10(15-17)11(12,13)14/h2-7,16H,1H3. The van der Waals surface area contributed by atoms with Gasteiger partial charge < -0.3 is 0 Å². The van der Waals surface area contributed by atoms with E-state index in [0.29, 0.717) is 11.4 Å². The smallest absolute Gasteiger partial charge is 0.284 e. The van der Waals surface area contributed by atoms with Crippen LogP contribution in [0.2, 0.25) is 0 Å². The van der Waals surface area contributed by atoms with Crippen molar-refractivity contribution >= 4 is 15.7 Å². The van der Waals surface area contributed by atoms with Gasteiger partial charge in [-0.05, 0) is 30.3 Å². The molecule has 1 N–H and O–H groups in total. The summed E-state index contributed by atoms with van der Waals surface area (Å²) in [5, 5.41) is 3.41. The normalized spacial score (nSPS) is 12.4. The minimum Gasteiger partial charge on any atom is -0.284 e. The lowest BCUT2D eigenvalue weighted by Crippen LogP contribution is -2.09. The summed E-state index contributed by atoms with van der Waals surface area (Å²) in [5.74, 6) is 0. The fraction of sp³-hybridized carbons (Fsp3) is 0.182. The van der Waals surface area contributed by atoms with Crippen LogP contribution in [0, 0.1) is 0 Å². The summed E-state index contributed by atoms with van der Waals surface area (Å²) >= 11 is 0. The van der Waals surface area contributed by atoms with Crippen LogP contribution in [0.1, 0.15) is 5.69 Å². The zero-order valence-corrected chi connectivity index (χ0v) is 11.0. The molecular formula is C11H10F3N3O2S. The van der Waals surface area contributed by atoms with Gasteiger partial charge in [0.25, 0.3) is 0 Å². The Balaban J connectivity index is 2.24. The first-order valence-corrected chi connectivity index (χ1v) is 7.25. The maximum Gasteiger partial charge on any atom is 0.435 e. The highest BCUT2D eigenvalue weighted by Gasteiger charge is 2.33. The molecule has 0 aliphatic rings. The number of nitrogens with one attached hydrogen (secondary N) is 1. The van der Waals surface area contributed by atoms with Gasteiger partial charge in [0.1, 0.15) is 0 Å². The van der Waals surface area contributed by atoms with Crippen molar-refractivity contribution < 1.29 is 21.6 Å². The minimum absolute atomic E-state index is 0.319. The molecule has 9 heteroatoms. The Bertz CT molecular complexity index is 705. The third-order valence-electron chi connectivity index (χ3n) is 2.31. The first kappa shape index (κ1) is 14.4. The maximum absolute atomic E-state index is 12.4. The molecule has 1 aromatic carbocycles. The van der Waals surface area contributed by atoms with Crippen LogP contribution < -0.4 is 4.72 Å². The lowest BCUT2D eigenvalue weighted by Gasteiger charge is -2.06. The van der Waals surface area contributed by atoms with E-state index in [1.807, 2.05) is 0 Å². The Morgan fingerprint density at radius 2 is 1.75 bits per heavy atom. The van der Waals surface area contributed by atoms with E-state index in [0.717, 1.165) is 17.0 Å². The number of nitrogens with zero attached hydrogens (tertiary/aromatic N) is 2. The zero-order valence-electron chi connectivity index (χ0n) is 10.2. The van der Waals surface area contributed by atoms with E-state index < -0.39 is 21.9 Å². The van der Waals surface area contributed by atoms with Gasteiger partial charge in [-0.3, -0.25) is 4.72 Å². The summed E-state index contributed by atoms with van der Waals surface area (Å²) in [4.78, 5) is 0. The first-order valence-electron chi connectivity index (χ1n) is 5.36. The van der Waals surface area contributed by atoms with Crippen molar-refractivity contribution in [3.8, 4) is 5.69 Å². The molecule has 20 heavy (non-hydrogen) atoms. The molecule has 2 aromatic rings. The topological polar surface area (TPSA) is 64.0 Å². The summed E-state index contributed by atoms with van der Waals surface area (Å²) in [5.41, 5.74) is -0.283. The molecule has 0 radical (unpaired) electrons. The Kier molecular flexibility index (Phi) is 3.46. The van der Waals surface area contributed by atoms with Gasteiger partial charge in [-0.1, -0.05) is 0 Å². The molecule has 0 saturated carbocycles. The van der Waals surface area contributed by atoms with Crippen LogP contribution in [0.25, 0.3) is 5.69 Å². The largest absolute Gasteiger partial charge is 0.435 e. The van der Waals surface area contributed by atoms with Crippen molar-refractivity contribution in [1.82, 2.24) is 9.78 Å². The van der Waals surface area contributed by atoms with Crippen LogP contribution >= 0.6 is 0 Å². The summed E-state index contributed by atoms with van der Waals surface area (Å²) in [6, 6.07) is 6.65. The molecule has 2 rings (SSSR count). The van der Waals surface area contributed by atoms with E-state index in [-0.39, 0.29) is 0 Å². The predicted molar refractivity (Wildman–Crippen MR) is 67.0 cm³/mol. The average Bonchev–Trinajstić information content (AvgIpc) is 2.76. The van der Waals surface area contributed by atoms with E-state index in [9.17, 15) is 21.6 Å². The highest BCUT2D eigenvalue weighted by Crippen LogP contribution is 2.28. The number of alkyl halides is 3. The number of aromatic nitrogens is 2. The second-order valence-corrected chi connectivity index (χ2v) is 5.81. The highest BCUT2D eigenvalue weighted by molar-refractivity contribution is 7.92. The third-order valence-corrected chi connectivity index (χ3v) is 2.92. The predicted octanol–water partition coefficient (Wildman–Crippen LogP) is 2.26. The number of anilines is 1. The Hall–Kier alpha value is -2.03. The molecule has 0 unspecified atom stereocenters. The van der Waals surface area contributed by atoms with Crippen LogP contribution in [-0.4, -0.2) is 24.5 Å². The van der Waals surface area contributed by atoms with Gasteiger partial charge in [0, 0.05) is 11.9 Å². The third kappa shape index (κ3) is 3.50. The van der Waals surface area contributed by atoms with Crippen LogP contribution in [0.3, 0.4) is 0 Å². The van der Waals surface area contributed by atoms with Crippen molar-refractivity contribution in [2.45, 2.75) is 6.18 Å². The lowest BCUT2D eigenvalue weighted by atomic mass is 10.3. The monoisotopic (exact) mass is 305 g/mol. The van der Waals surface area contributed by atoms with Crippen LogP contribution in [0.5, 0.6) is 0 Å².